The summed E-state index contributed by atoms with van der Waals surface area (Å²) in [5.74, 6) is -0.720. The predicted octanol–water partition coefficient (Wildman–Crippen LogP) is 11.0. The van der Waals surface area contributed by atoms with E-state index in [4.69, 9.17) is 9.47 Å². The summed E-state index contributed by atoms with van der Waals surface area (Å²) in [6.45, 7) is 3.37. The van der Waals surface area contributed by atoms with Gasteiger partial charge in [-0.15, -0.1) is 0 Å². The normalized spacial score (nSPS) is 20.9. The molecule has 390 valence electrons. The molecule has 0 saturated carbocycles. The second-order valence-electron chi connectivity index (χ2n) is 19.6. The van der Waals surface area contributed by atoms with Gasteiger partial charge in [0.15, 0.2) is 6.29 Å². The van der Waals surface area contributed by atoms with E-state index in [0.717, 1.165) is 44.9 Å². The average molecular weight is 940 g/mol. The van der Waals surface area contributed by atoms with Gasteiger partial charge in [0.05, 0.1) is 25.4 Å². The summed E-state index contributed by atoms with van der Waals surface area (Å²) in [6.07, 6.45) is 41.4. The van der Waals surface area contributed by atoms with Crippen molar-refractivity contribution in [3.8, 4) is 0 Å². The van der Waals surface area contributed by atoms with Gasteiger partial charge in [-0.2, -0.15) is 0 Å². The van der Waals surface area contributed by atoms with Crippen molar-refractivity contribution in [2.24, 2.45) is 0 Å². The molecule has 8 N–H and O–H groups in total. The Morgan fingerprint density at radius 3 is 1.35 bits per heavy atom. The molecular formula is C55H105NO10. The van der Waals surface area contributed by atoms with Crippen molar-refractivity contribution in [3.05, 3.63) is 24.3 Å². The molecule has 11 nitrogen and oxygen atoms in total. The molecule has 11 heteroatoms. The van der Waals surface area contributed by atoms with Crippen LogP contribution in [0.2, 0.25) is 0 Å². The first kappa shape index (κ1) is 62.6. The molecule has 66 heavy (non-hydrogen) atoms. The fraction of sp³-hybridized carbons (Fsp3) is 0.909. The molecule has 0 aromatic carbocycles. The number of amides is 1. The zero-order valence-electron chi connectivity index (χ0n) is 42.4. The molecule has 1 fully saturated rings. The number of unbranched alkanes of at least 4 members (excludes halogenated alkanes) is 31. The highest BCUT2D eigenvalue weighted by Crippen LogP contribution is 2.23. The van der Waals surface area contributed by atoms with Crippen LogP contribution >= 0.6 is 0 Å². The lowest BCUT2D eigenvalue weighted by Crippen LogP contribution is -2.60. The molecule has 1 aliphatic heterocycles. The molecule has 9 atom stereocenters. The number of rotatable bonds is 47. The van der Waals surface area contributed by atoms with E-state index in [2.05, 4.69) is 43.5 Å². The zero-order valence-corrected chi connectivity index (χ0v) is 42.4. The fourth-order valence-corrected chi connectivity index (χ4v) is 8.89. The van der Waals surface area contributed by atoms with Crippen LogP contribution < -0.4 is 5.32 Å². The summed E-state index contributed by atoms with van der Waals surface area (Å²) in [6, 6.07) is -1.19. The number of aliphatic hydroxyl groups is 7. The lowest BCUT2D eigenvalue weighted by molar-refractivity contribution is -0.303. The predicted molar refractivity (Wildman–Crippen MR) is 270 cm³/mol. The average Bonchev–Trinajstić information content (AvgIpc) is 3.32. The van der Waals surface area contributed by atoms with Gasteiger partial charge in [0.2, 0.25) is 5.91 Å². The number of allylic oxidation sites excluding steroid dienone is 4. The first-order valence-corrected chi connectivity index (χ1v) is 27.7. The van der Waals surface area contributed by atoms with E-state index in [-0.39, 0.29) is 12.8 Å². The summed E-state index contributed by atoms with van der Waals surface area (Å²) in [5, 5.41) is 75.7. The number of carbonyl (C=O) groups excluding carboxylic acids is 1. The van der Waals surface area contributed by atoms with Crippen LogP contribution in [0.4, 0.5) is 0 Å². The molecule has 0 aromatic heterocycles. The Morgan fingerprint density at radius 2 is 0.909 bits per heavy atom. The second kappa shape index (κ2) is 44.8. The molecule has 0 aliphatic carbocycles. The minimum atomic E-state index is -1.67. The van der Waals surface area contributed by atoms with E-state index in [9.17, 15) is 40.5 Å². The maximum atomic E-state index is 13.0. The maximum Gasteiger partial charge on any atom is 0.249 e. The summed E-state index contributed by atoms with van der Waals surface area (Å²) in [4.78, 5) is 13.0. The smallest absolute Gasteiger partial charge is 0.249 e. The standard InChI is InChI=1S/C55H105NO10/c1-3-5-7-9-11-13-14-15-16-17-18-19-20-21-22-23-24-25-26-27-28-29-30-31-32-33-35-36-38-40-42-47(58)50(60)46(45-65-55-53(63)52(62)51(61)49(44-57)66-55)56-54(64)48(59)43-41-39-37-34-12-10-8-6-4-2/h10,12,35-36,46-53,55,57-63H,3-9,11,13-34,37-45H2,1-2H3,(H,56,64)/b12-10-,36-35+. The van der Waals surface area contributed by atoms with Crippen molar-refractivity contribution >= 4 is 5.91 Å². The molecule has 1 amide bonds. The highest BCUT2D eigenvalue weighted by molar-refractivity contribution is 5.80. The van der Waals surface area contributed by atoms with Crippen molar-refractivity contribution < 1.29 is 50.0 Å². The highest BCUT2D eigenvalue weighted by Gasteiger charge is 2.44. The van der Waals surface area contributed by atoms with Crippen molar-refractivity contribution in [1.29, 1.82) is 0 Å². The molecule has 1 saturated heterocycles. The van der Waals surface area contributed by atoms with Crippen LogP contribution in [0.25, 0.3) is 0 Å². The first-order chi connectivity index (χ1) is 32.2. The van der Waals surface area contributed by atoms with Gasteiger partial charge >= 0.3 is 0 Å². The Bertz CT molecular complexity index is 1120. The number of hydrogen-bond acceptors (Lipinski definition) is 10. The lowest BCUT2D eigenvalue weighted by Gasteiger charge is -2.40. The van der Waals surface area contributed by atoms with Crippen molar-refractivity contribution in [2.75, 3.05) is 13.2 Å². The van der Waals surface area contributed by atoms with E-state index in [0.29, 0.717) is 12.8 Å². The van der Waals surface area contributed by atoms with Gasteiger partial charge in [-0.25, -0.2) is 0 Å². The van der Waals surface area contributed by atoms with Crippen LogP contribution in [-0.4, -0.2) is 110 Å². The molecule has 0 radical (unpaired) electrons. The monoisotopic (exact) mass is 940 g/mol. The Hall–Kier alpha value is -1.41. The third-order valence-corrected chi connectivity index (χ3v) is 13.5. The number of nitrogens with one attached hydrogen (secondary N) is 1. The molecule has 0 spiro atoms. The summed E-state index contributed by atoms with van der Waals surface area (Å²) >= 11 is 0. The lowest BCUT2D eigenvalue weighted by atomic mass is 9.98. The van der Waals surface area contributed by atoms with Crippen LogP contribution in [-0.2, 0) is 14.3 Å². The van der Waals surface area contributed by atoms with E-state index < -0.39 is 74.2 Å². The molecule has 1 heterocycles. The SMILES string of the molecule is CCCC/C=C\CCCCCC(O)C(=O)NC(COC1OC(CO)C(O)C(O)C1O)C(O)C(O)CCC/C=C/CCCCCCCCCCCCCCCCCCCCCCCCCCC. The van der Waals surface area contributed by atoms with Crippen molar-refractivity contribution in [1.82, 2.24) is 5.32 Å². The summed E-state index contributed by atoms with van der Waals surface area (Å²) in [7, 11) is 0. The topological polar surface area (TPSA) is 189 Å². The molecule has 1 aliphatic rings. The van der Waals surface area contributed by atoms with Gasteiger partial charge in [0.1, 0.15) is 36.6 Å². The molecule has 0 aromatic rings. The minimum absolute atomic E-state index is 0.232. The van der Waals surface area contributed by atoms with Crippen molar-refractivity contribution in [3.63, 3.8) is 0 Å². The van der Waals surface area contributed by atoms with E-state index >= 15 is 0 Å². The van der Waals surface area contributed by atoms with E-state index in [1.807, 2.05) is 0 Å². The Labute approximate surface area is 404 Å². The van der Waals surface area contributed by atoms with E-state index in [1.54, 1.807) is 0 Å². The Balaban J connectivity index is 2.22. The highest BCUT2D eigenvalue weighted by atomic mass is 16.7. The van der Waals surface area contributed by atoms with Gasteiger partial charge in [-0.1, -0.05) is 218 Å². The van der Waals surface area contributed by atoms with Gasteiger partial charge in [-0.3, -0.25) is 4.79 Å². The largest absolute Gasteiger partial charge is 0.394 e. The fourth-order valence-electron chi connectivity index (χ4n) is 8.89. The summed E-state index contributed by atoms with van der Waals surface area (Å²) in [5.41, 5.74) is 0. The maximum absolute atomic E-state index is 13.0. The molecular weight excluding hydrogens is 835 g/mol. The quantitative estimate of drug-likeness (QED) is 0.0215. The molecule has 1 rings (SSSR count). The minimum Gasteiger partial charge on any atom is -0.394 e. The van der Waals surface area contributed by atoms with Gasteiger partial charge < -0.3 is 50.5 Å². The van der Waals surface area contributed by atoms with Crippen LogP contribution in [0.1, 0.15) is 251 Å². The zero-order chi connectivity index (χ0) is 48.3. The first-order valence-electron chi connectivity index (χ1n) is 27.7. The van der Waals surface area contributed by atoms with E-state index in [1.165, 1.54) is 167 Å². The summed E-state index contributed by atoms with van der Waals surface area (Å²) < 4.78 is 11.1. The van der Waals surface area contributed by atoms with Crippen molar-refractivity contribution in [2.45, 2.75) is 306 Å². The van der Waals surface area contributed by atoms with Crippen LogP contribution in [0.3, 0.4) is 0 Å². The second-order valence-corrected chi connectivity index (χ2v) is 19.6. The van der Waals surface area contributed by atoms with Crippen LogP contribution in [0.15, 0.2) is 24.3 Å². The van der Waals surface area contributed by atoms with Gasteiger partial charge in [-0.05, 0) is 57.8 Å². The number of aliphatic hydroxyl groups excluding tert-OH is 7. The number of hydrogen-bond donors (Lipinski definition) is 8. The molecule has 9 unspecified atom stereocenters. The Morgan fingerprint density at radius 1 is 0.515 bits per heavy atom. The van der Waals surface area contributed by atoms with Gasteiger partial charge in [0.25, 0.3) is 0 Å². The van der Waals surface area contributed by atoms with Gasteiger partial charge in [0, 0.05) is 0 Å². The number of ether oxygens (including phenoxy) is 2. The van der Waals surface area contributed by atoms with Crippen LogP contribution in [0, 0.1) is 0 Å². The van der Waals surface area contributed by atoms with Crippen LogP contribution in [0.5, 0.6) is 0 Å². The third-order valence-electron chi connectivity index (χ3n) is 13.5. The number of carbonyl (C=O) groups is 1. The molecule has 0 bridgehead atoms. The Kier molecular flexibility index (Phi) is 42.5. The third kappa shape index (κ3) is 33.2.